The zero-order valence-corrected chi connectivity index (χ0v) is 19.8. The first-order valence-corrected chi connectivity index (χ1v) is 13.6. The molecule has 1 aromatic heterocycles. The highest BCUT2D eigenvalue weighted by Gasteiger charge is 2.33. The van der Waals surface area contributed by atoms with Gasteiger partial charge >= 0.3 is 7.60 Å². The van der Waals surface area contributed by atoms with E-state index in [1.807, 2.05) is 30.3 Å². The third kappa shape index (κ3) is 7.14. The number of β-lactam (4-membered cyclic amide) rings is 1. The third-order valence-corrected chi connectivity index (χ3v) is 8.20. The van der Waals surface area contributed by atoms with E-state index in [0.717, 1.165) is 39.2 Å². The van der Waals surface area contributed by atoms with Gasteiger partial charge in [0, 0.05) is 27.7 Å². The van der Waals surface area contributed by atoms with E-state index in [1.54, 1.807) is 22.3 Å². The van der Waals surface area contributed by atoms with E-state index in [2.05, 4.69) is 0 Å². The fourth-order valence-electron chi connectivity index (χ4n) is 3.75. The van der Waals surface area contributed by atoms with Crippen LogP contribution in [-0.2, 0) is 15.8 Å². The molecule has 0 bridgehead atoms. The number of halogens is 1. The number of aliphatic hydroxyl groups is 1. The van der Waals surface area contributed by atoms with Crippen molar-refractivity contribution >= 4 is 46.5 Å². The van der Waals surface area contributed by atoms with Gasteiger partial charge in [-0.2, -0.15) is 0 Å². The molecule has 1 unspecified atom stereocenters. The molecular formula is C22H29ClNO5PS. The Labute approximate surface area is 191 Å². The topological polar surface area (TPSA) is 98.1 Å². The van der Waals surface area contributed by atoms with E-state index < -0.39 is 13.7 Å². The summed E-state index contributed by atoms with van der Waals surface area (Å²) in [5.74, 6) is 0.108. The zero-order valence-electron chi connectivity index (χ0n) is 17.3. The molecule has 1 fully saturated rings. The normalized spacial score (nSPS) is 18.1. The van der Waals surface area contributed by atoms with Crippen molar-refractivity contribution in [1.82, 2.24) is 4.90 Å². The Kier molecular flexibility index (Phi) is 8.74. The number of fused-ring (bicyclic) bond motifs is 1. The molecule has 31 heavy (non-hydrogen) atoms. The van der Waals surface area contributed by atoms with Crippen molar-refractivity contribution in [1.29, 1.82) is 0 Å². The molecular weight excluding hydrogens is 457 g/mol. The molecule has 2 atom stereocenters. The number of carbonyl (C=O) groups excluding carboxylic acids is 1. The van der Waals surface area contributed by atoms with E-state index in [-0.39, 0.29) is 18.1 Å². The summed E-state index contributed by atoms with van der Waals surface area (Å²) in [4.78, 5) is 32.5. The minimum Gasteiger partial charge on any atom is -0.389 e. The van der Waals surface area contributed by atoms with E-state index in [4.69, 9.17) is 21.4 Å². The summed E-state index contributed by atoms with van der Waals surface area (Å²) < 4.78 is 12.0. The van der Waals surface area contributed by atoms with Gasteiger partial charge in [-0.05, 0) is 31.7 Å². The van der Waals surface area contributed by atoms with Gasteiger partial charge in [0.1, 0.15) is 0 Å². The second kappa shape index (κ2) is 11.1. The summed E-state index contributed by atoms with van der Waals surface area (Å²) >= 11 is 8.12. The number of hydrogen-bond donors (Lipinski definition) is 3. The number of carbonyl (C=O) groups is 1. The SMILES string of the molecule is O=C1C[C@H](C=CC(O)CCc2sc3ccccc3c2Cl)N1CCCCCCP(=O)(O)O. The van der Waals surface area contributed by atoms with Crippen molar-refractivity contribution in [2.24, 2.45) is 0 Å². The van der Waals surface area contributed by atoms with Crippen LogP contribution in [0.3, 0.4) is 0 Å². The maximum Gasteiger partial charge on any atom is 0.325 e. The molecule has 0 aliphatic carbocycles. The van der Waals surface area contributed by atoms with Gasteiger partial charge in [0.15, 0.2) is 0 Å². The second-order valence-corrected chi connectivity index (χ2v) is 11.3. The minimum absolute atomic E-state index is 0.0187. The predicted octanol–water partition coefficient (Wildman–Crippen LogP) is 4.74. The minimum atomic E-state index is -3.91. The van der Waals surface area contributed by atoms with Gasteiger partial charge in [-0.15, -0.1) is 11.3 Å². The molecule has 2 aromatic rings. The number of unbranched alkanes of at least 4 members (excludes halogenated alkanes) is 3. The summed E-state index contributed by atoms with van der Waals surface area (Å²) in [6.07, 6.45) is 7.63. The Hall–Kier alpha value is -1.21. The van der Waals surface area contributed by atoms with E-state index in [1.165, 1.54) is 0 Å². The lowest BCUT2D eigenvalue weighted by Crippen LogP contribution is -2.51. The first-order valence-electron chi connectivity index (χ1n) is 10.6. The molecule has 9 heteroatoms. The van der Waals surface area contributed by atoms with Crippen molar-refractivity contribution in [3.05, 3.63) is 46.3 Å². The number of nitrogens with zero attached hydrogens (tertiary/aromatic N) is 1. The highest BCUT2D eigenvalue weighted by Crippen LogP contribution is 2.36. The largest absolute Gasteiger partial charge is 0.389 e. The predicted molar refractivity (Wildman–Crippen MR) is 126 cm³/mol. The van der Waals surface area contributed by atoms with Crippen LogP contribution < -0.4 is 0 Å². The molecule has 1 aliphatic heterocycles. The Morgan fingerprint density at radius 2 is 1.97 bits per heavy atom. The number of rotatable bonds is 12. The zero-order chi connectivity index (χ0) is 22.4. The van der Waals surface area contributed by atoms with Crippen molar-refractivity contribution in [2.75, 3.05) is 12.7 Å². The fourth-order valence-corrected chi connectivity index (χ4v) is 5.93. The number of aryl methyl sites for hydroxylation is 1. The van der Waals surface area contributed by atoms with Gasteiger partial charge < -0.3 is 19.8 Å². The van der Waals surface area contributed by atoms with Crippen molar-refractivity contribution in [3.8, 4) is 0 Å². The van der Waals surface area contributed by atoms with Crippen molar-refractivity contribution in [3.63, 3.8) is 0 Å². The quantitative estimate of drug-likeness (QED) is 0.174. The summed E-state index contributed by atoms with van der Waals surface area (Å²) in [6.45, 7) is 0.636. The van der Waals surface area contributed by atoms with Crippen molar-refractivity contribution in [2.45, 2.75) is 57.1 Å². The highest BCUT2D eigenvalue weighted by atomic mass is 35.5. The van der Waals surface area contributed by atoms with Crippen LogP contribution in [0.4, 0.5) is 0 Å². The van der Waals surface area contributed by atoms with E-state index >= 15 is 0 Å². The molecule has 0 saturated carbocycles. The van der Waals surface area contributed by atoms with Crippen LogP contribution in [-0.4, -0.2) is 50.6 Å². The van der Waals surface area contributed by atoms with Gasteiger partial charge in [-0.25, -0.2) is 0 Å². The molecule has 170 valence electrons. The average molecular weight is 486 g/mol. The first-order chi connectivity index (χ1) is 14.7. The van der Waals surface area contributed by atoms with Gasteiger partial charge in [0.25, 0.3) is 0 Å². The van der Waals surface area contributed by atoms with Gasteiger partial charge in [-0.1, -0.05) is 54.8 Å². The molecule has 1 amide bonds. The lowest BCUT2D eigenvalue weighted by molar-refractivity contribution is -0.143. The molecule has 3 N–H and O–H groups in total. The van der Waals surface area contributed by atoms with Crippen LogP contribution in [0.5, 0.6) is 0 Å². The van der Waals surface area contributed by atoms with Crippen LogP contribution in [0, 0.1) is 0 Å². The maximum absolute atomic E-state index is 11.9. The first kappa shape index (κ1) is 24.4. The number of likely N-dealkylation sites (tertiary alicyclic amines) is 1. The summed E-state index contributed by atoms with van der Waals surface area (Å²) in [7, 11) is -3.91. The van der Waals surface area contributed by atoms with Gasteiger partial charge in [0.05, 0.1) is 23.6 Å². The molecule has 6 nitrogen and oxygen atoms in total. The van der Waals surface area contributed by atoms with E-state index in [0.29, 0.717) is 32.2 Å². The lowest BCUT2D eigenvalue weighted by Gasteiger charge is -2.39. The monoisotopic (exact) mass is 485 g/mol. The lowest BCUT2D eigenvalue weighted by atomic mass is 9.99. The molecule has 1 aliphatic rings. The van der Waals surface area contributed by atoms with Crippen molar-refractivity contribution < 1.29 is 24.3 Å². The van der Waals surface area contributed by atoms with Crippen LogP contribution in [0.25, 0.3) is 10.1 Å². The van der Waals surface area contributed by atoms with Crippen LogP contribution in [0.15, 0.2) is 36.4 Å². The maximum atomic E-state index is 11.9. The van der Waals surface area contributed by atoms with Crippen LogP contribution >= 0.6 is 30.5 Å². The molecule has 1 aromatic carbocycles. The Bertz CT molecular complexity index is 972. The Morgan fingerprint density at radius 1 is 1.23 bits per heavy atom. The molecule has 0 spiro atoms. The number of benzene rings is 1. The highest BCUT2D eigenvalue weighted by molar-refractivity contribution is 7.51. The van der Waals surface area contributed by atoms with Gasteiger partial charge in [-0.3, -0.25) is 9.36 Å². The fraction of sp³-hybridized carbons (Fsp3) is 0.500. The Morgan fingerprint density at radius 3 is 2.68 bits per heavy atom. The van der Waals surface area contributed by atoms with Gasteiger partial charge in [0.2, 0.25) is 5.91 Å². The summed E-state index contributed by atoms with van der Waals surface area (Å²) in [5, 5.41) is 12.2. The number of amides is 1. The summed E-state index contributed by atoms with van der Waals surface area (Å²) in [6, 6.07) is 8.03. The average Bonchev–Trinajstić information content (AvgIpc) is 3.03. The van der Waals surface area contributed by atoms with Crippen LogP contribution in [0.2, 0.25) is 5.02 Å². The summed E-state index contributed by atoms with van der Waals surface area (Å²) in [5.41, 5.74) is 0. The number of thiophene rings is 1. The smallest absolute Gasteiger partial charge is 0.325 e. The standard InChI is InChI=1S/C22H29ClNO5PS/c23-22-18-7-3-4-8-19(18)31-20(22)12-11-17(25)10-9-16-15-21(26)24(16)13-5-1-2-6-14-30(27,28)29/h3-4,7-10,16-17,25H,1-2,5-6,11-15H2,(H2,27,28,29)/t16-,17?/m0/s1. The van der Waals surface area contributed by atoms with E-state index in [9.17, 15) is 14.5 Å². The van der Waals surface area contributed by atoms with Crippen LogP contribution in [0.1, 0.15) is 43.4 Å². The Balaban J connectivity index is 1.39. The third-order valence-electron chi connectivity index (χ3n) is 5.53. The molecule has 0 radical (unpaired) electrons. The molecule has 3 rings (SSSR count). The number of hydrogen-bond acceptors (Lipinski definition) is 4. The number of aliphatic hydroxyl groups excluding tert-OH is 1. The second-order valence-electron chi connectivity index (χ2n) is 7.99. The molecule has 1 saturated heterocycles. The molecule has 2 heterocycles.